The van der Waals surface area contributed by atoms with E-state index in [0.29, 0.717) is 18.2 Å². The van der Waals surface area contributed by atoms with Crippen molar-refractivity contribution in [2.45, 2.75) is 12.7 Å². The number of hydrogen-bond acceptors (Lipinski definition) is 6. The maximum atomic E-state index is 13.5. The van der Waals surface area contributed by atoms with Crippen molar-refractivity contribution < 1.29 is 12.8 Å². The molecule has 0 atom stereocenters. The summed E-state index contributed by atoms with van der Waals surface area (Å²) in [5, 5.41) is 3.05. The Morgan fingerprint density at radius 2 is 1.88 bits per heavy atom. The van der Waals surface area contributed by atoms with E-state index in [1.807, 2.05) is 19.0 Å². The highest BCUT2D eigenvalue weighted by atomic mass is 32.2. The van der Waals surface area contributed by atoms with Crippen molar-refractivity contribution in [3.63, 3.8) is 0 Å². The van der Waals surface area contributed by atoms with Gasteiger partial charge in [0, 0.05) is 38.8 Å². The monoisotopic (exact) mass is 367 g/mol. The Labute approximate surface area is 147 Å². The van der Waals surface area contributed by atoms with E-state index in [1.54, 1.807) is 19.1 Å². The van der Waals surface area contributed by atoms with Crippen LogP contribution in [0, 0.1) is 12.7 Å². The van der Waals surface area contributed by atoms with Crippen LogP contribution in [0.5, 0.6) is 0 Å². The average molecular weight is 367 g/mol. The number of rotatable bonds is 8. The molecule has 136 valence electrons. The first-order valence-electron chi connectivity index (χ1n) is 7.74. The first-order chi connectivity index (χ1) is 11.8. The molecular formula is C16H22FN5O2S. The molecule has 2 rings (SSSR count). The molecule has 1 heterocycles. The number of halogens is 1. The molecule has 0 saturated carbocycles. The lowest BCUT2D eigenvalue weighted by atomic mass is 10.2. The molecule has 0 aliphatic carbocycles. The molecule has 2 N–H and O–H groups in total. The van der Waals surface area contributed by atoms with E-state index in [1.165, 1.54) is 18.2 Å². The minimum atomic E-state index is -3.61. The van der Waals surface area contributed by atoms with Crippen molar-refractivity contribution in [3.05, 3.63) is 47.5 Å². The highest BCUT2D eigenvalue weighted by Crippen LogP contribution is 2.13. The molecule has 0 aliphatic rings. The number of hydrogen-bond donors (Lipinski definition) is 2. The smallest absolute Gasteiger partial charge is 0.215 e. The SMILES string of the molecule is Cc1nc(NCCNS(=O)(=O)Cc2ccccc2F)cc(N(C)C)n1. The van der Waals surface area contributed by atoms with Crippen molar-refractivity contribution in [3.8, 4) is 0 Å². The van der Waals surface area contributed by atoms with Crippen LogP contribution in [0.4, 0.5) is 16.0 Å². The van der Waals surface area contributed by atoms with Crippen LogP contribution in [0.3, 0.4) is 0 Å². The van der Waals surface area contributed by atoms with Gasteiger partial charge in [0.1, 0.15) is 23.3 Å². The van der Waals surface area contributed by atoms with Crippen LogP contribution in [0.15, 0.2) is 30.3 Å². The van der Waals surface area contributed by atoms with E-state index in [9.17, 15) is 12.8 Å². The van der Waals surface area contributed by atoms with Gasteiger partial charge in [0.25, 0.3) is 0 Å². The summed E-state index contributed by atoms with van der Waals surface area (Å²) in [5.74, 6) is 1.07. The number of anilines is 2. The van der Waals surface area contributed by atoms with Gasteiger partial charge in [0.15, 0.2) is 0 Å². The normalized spacial score (nSPS) is 11.4. The van der Waals surface area contributed by atoms with Crippen LogP contribution in [0.2, 0.25) is 0 Å². The Hall–Kier alpha value is -2.26. The lowest BCUT2D eigenvalue weighted by Gasteiger charge is -2.14. The molecule has 7 nitrogen and oxygen atoms in total. The van der Waals surface area contributed by atoms with Crippen molar-refractivity contribution in [2.24, 2.45) is 0 Å². The second kappa shape index (κ2) is 8.21. The molecule has 25 heavy (non-hydrogen) atoms. The third kappa shape index (κ3) is 5.95. The number of nitrogens with zero attached hydrogens (tertiary/aromatic N) is 3. The maximum absolute atomic E-state index is 13.5. The van der Waals surface area contributed by atoms with Crippen LogP contribution in [0.25, 0.3) is 0 Å². The fourth-order valence-corrected chi connectivity index (χ4v) is 3.30. The van der Waals surface area contributed by atoms with Gasteiger partial charge in [-0.15, -0.1) is 0 Å². The molecule has 1 aromatic heterocycles. The zero-order valence-corrected chi connectivity index (χ0v) is 15.3. The average Bonchev–Trinajstić information content (AvgIpc) is 2.53. The molecule has 0 radical (unpaired) electrons. The van der Waals surface area contributed by atoms with Crippen LogP contribution in [0.1, 0.15) is 11.4 Å². The van der Waals surface area contributed by atoms with E-state index in [4.69, 9.17) is 0 Å². The van der Waals surface area contributed by atoms with Gasteiger partial charge in [-0.1, -0.05) is 18.2 Å². The summed E-state index contributed by atoms with van der Waals surface area (Å²) in [4.78, 5) is 10.4. The minimum Gasteiger partial charge on any atom is -0.369 e. The predicted molar refractivity (Wildman–Crippen MR) is 96.6 cm³/mol. The molecule has 0 spiro atoms. The first-order valence-corrected chi connectivity index (χ1v) is 9.40. The molecule has 9 heteroatoms. The summed E-state index contributed by atoms with van der Waals surface area (Å²) >= 11 is 0. The van der Waals surface area contributed by atoms with Gasteiger partial charge < -0.3 is 10.2 Å². The number of nitrogens with one attached hydrogen (secondary N) is 2. The van der Waals surface area contributed by atoms with Crippen molar-refractivity contribution in [1.29, 1.82) is 0 Å². The minimum absolute atomic E-state index is 0.144. The van der Waals surface area contributed by atoms with Gasteiger partial charge in [0.05, 0.1) is 5.75 Å². The standard InChI is InChI=1S/C16H22FN5O2S/c1-12-20-15(10-16(21-12)22(2)3)18-8-9-19-25(23,24)11-13-6-4-5-7-14(13)17/h4-7,10,19H,8-9,11H2,1-3H3,(H,18,20,21). The number of aromatic nitrogens is 2. The topological polar surface area (TPSA) is 87.2 Å². The molecule has 0 aliphatic heterocycles. The van der Waals surface area contributed by atoms with Crippen LogP contribution in [-0.4, -0.2) is 45.6 Å². The zero-order chi connectivity index (χ0) is 18.4. The number of benzene rings is 1. The number of sulfonamides is 1. The fourth-order valence-electron chi connectivity index (χ4n) is 2.14. The molecule has 2 aromatic rings. The molecule has 0 unspecified atom stereocenters. The van der Waals surface area contributed by atoms with Gasteiger partial charge in [-0.3, -0.25) is 0 Å². The van der Waals surface area contributed by atoms with Crippen molar-refractivity contribution in [2.75, 3.05) is 37.4 Å². The summed E-state index contributed by atoms with van der Waals surface area (Å²) < 4.78 is 40.0. The Morgan fingerprint density at radius 3 is 2.56 bits per heavy atom. The summed E-state index contributed by atoms with van der Waals surface area (Å²) in [6, 6.07) is 7.61. The molecular weight excluding hydrogens is 345 g/mol. The Bertz CT molecular complexity index is 827. The lowest BCUT2D eigenvalue weighted by molar-refractivity contribution is 0.575. The quantitative estimate of drug-likeness (QED) is 0.688. The van der Waals surface area contributed by atoms with Crippen molar-refractivity contribution in [1.82, 2.24) is 14.7 Å². The Morgan fingerprint density at radius 1 is 1.16 bits per heavy atom. The summed E-state index contributed by atoms with van der Waals surface area (Å²) in [6.07, 6.45) is 0. The molecule has 0 bridgehead atoms. The highest BCUT2D eigenvalue weighted by molar-refractivity contribution is 7.88. The summed E-state index contributed by atoms with van der Waals surface area (Å²) in [7, 11) is 0.142. The molecule has 0 amide bonds. The van der Waals surface area contributed by atoms with E-state index < -0.39 is 21.6 Å². The van der Waals surface area contributed by atoms with Gasteiger partial charge in [-0.25, -0.2) is 27.5 Å². The van der Waals surface area contributed by atoms with Crippen LogP contribution in [-0.2, 0) is 15.8 Å². The van der Waals surface area contributed by atoms with E-state index >= 15 is 0 Å². The molecule has 0 fully saturated rings. The highest BCUT2D eigenvalue weighted by Gasteiger charge is 2.13. The first kappa shape index (κ1) is 19.1. The van der Waals surface area contributed by atoms with Gasteiger partial charge in [-0.05, 0) is 13.0 Å². The largest absolute Gasteiger partial charge is 0.369 e. The fraction of sp³-hybridized carbons (Fsp3) is 0.375. The van der Waals surface area contributed by atoms with E-state index in [0.717, 1.165) is 5.82 Å². The maximum Gasteiger partial charge on any atom is 0.215 e. The van der Waals surface area contributed by atoms with Crippen molar-refractivity contribution >= 4 is 21.7 Å². The summed E-state index contributed by atoms with van der Waals surface area (Å²) in [5.41, 5.74) is 0.144. The van der Waals surface area contributed by atoms with Crippen LogP contribution >= 0.6 is 0 Å². The van der Waals surface area contributed by atoms with E-state index in [-0.39, 0.29) is 12.1 Å². The van der Waals surface area contributed by atoms with Gasteiger partial charge in [-0.2, -0.15) is 0 Å². The third-order valence-corrected chi connectivity index (χ3v) is 4.67. The number of aryl methyl sites for hydroxylation is 1. The summed E-state index contributed by atoms with van der Waals surface area (Å²) in [6.45, 7) is 2.30. The second-order valence-electron chi connectivity index (χ2n) is 5.72. The Balaban J connectivity index is 1.87. The molecule has 1 aromatic carbocycles. The molecule has 0 saturated heterocycles. The zero-order valence-electron chi connectivity index (χ0n) is 14.5. The predicted octanol–water partition coefficient (Wildman–Crippen LogP) is 1.52. The third-order valence-electron chi connectivity index (χ3n) is 3.34. The van der Waals surface area contributed by atoms with E-state index in [2.05, 4.69) is 20.0 Å². The second-order valence-corrected chi connectivity index (χ2v) is 7.53. The Kier molecular flexibility index (Phi) is 6.27. The van der Waals surface area contributed by atoms with Crippen LogP contribution < -0.4 is 14.9 Å². The lowest BCUT2D eigenvalue weighted by Crippen LogP contribution is -2.30. The van der Waals surface area contributed by atoms with Gasteiger partial charge >= 0.3 is 0 Å². The van der Waals surface area contributed by atoms with Gasteiger partial charge in [0.2, 0.25) is 10.0 Å².